The molecule has 2 fully saturated rings. The van der Waals surface area contributed by atoms with E-state index in [4.69, 9.17) is 0 Å². The zero-order valence-electron chi connectivity index (χ0n) is 8.97. The predicted molar refractivity (Wildman–Crippen MR) is 55.2 cm³/mol. The van der Waals surface area contributed by atoms with E-state index >= 15 is 0 Å². The predicted octanol–water partition coefficient (Wildman–Crippen LogP) is 0.542. The molecule has 2 heterocycles. The Bertz CT molecular complexity index is 232. The molecule has 1 spiro atoms. The molecule has 2 aliphatic heterocycles. The van der Waals surface area contributed by atoms with Crippen LogP contribution >= 0.6 is 0 Å². The number of piperidine rings is 1. The van der Waals surface area contributed by atoms with Crippen molar-refractivity contribution in [3.8, 4) is 0 Å². The number of nitrogens with one attached hydrogen (secondary N) is 2. The minimum atomic E-state index is 0.00277. The van der Waals surface area contributed by atoms with Gasteiger partial charge in [0.25, 0.3) is 0 Å². The van der Waals surface area contributed by atoms with E-state index in [2.05, 4.69) is 29.4 Å². The first-order valence-corrected chi connectivity index (χ1v) is 5.41. The fourth-order valence-corrected chi connectivity index (χ4v) is 2.35. The maximum Gasteiger partial charge on any atom is 0.315 e. The summed E-state index contributed by atoms with van der Waals surface area (Å²) in [6, 6.07) is 0.625. The highest BCUT2D eigenvalue weighted by Gasteiger charge is 2.40. The fourth-order valence-electron chi connectivity index (χ4n) is 2.35. The molecule has 4 heteroatoms. The molecule has 0 atom stereocenters. The topological polar surface area (TPSA) is 44.4 Å². The van der Waals surface area contributed by atoms with E-state index < -0.39 is 0 Å². The molecule has 2 N–H and O–H groups in total. The first-order valence-electron chi connectivity index (χ1n) is 5.41. The van der Waals surface area contributed by atoms with E-state index in [0.717, 1.165) is 32.5 Å². The van der Waals surface area contributed by atoms with Gasteiger partial charge in [-0.05, 0) is 26.7 Å². The number of amides is 2. The zero-order chi connectivity index (χ0) is 10.2. The summed E-state index contributed by atoms with van der Waals surface area (Å²) in [6.07, 6.45) is 2.15. The van der Waals surface area contributed by atoms with Crippen LogP contribution in [-0.4, -0.2) is 42.1 Å². The van der Waals surface area contributed by atoms with Gasteiger partial charge in [-0.15, -0.1) is 0 Å². The van der Waals surface area contributed by atoms with Gasteiger partial charge in [-0.1, -0.05) is 0 Å². The van der Waals surface area contributed by atoms with Crippen molar-refractivity contribution >= 4 is 6.03 Å². The standard InChI is InChI=1S/C10H19N3O/c1-8(2)13-5-3-10(4-6-13)7-11-9(14)12-10/h8H,3-7H2,1-2H3,(H2,11,12,14). The second kappa shape index (κ2) is 3.42. The highest BCUT2D eigenvalue weighted by molar-refractivity contribution is 5.77. The van der Waals surface area contributed by atoms with E-state index in [0.29, 0.717) is 6.04 Å². The van der Waals surface area contributed by atoms with Gasteiger partial charge in [0.2, 0.25) is 0 Å². The van der Waals surface area contributed by atoms with Crippen LogP contribution in [0.3, 0.4) is 0 Å². The summed E-state index contributed by atoms with van der Waals surface area (Å²) in [5.41, 5.74) is 0.0580. The summed E-state index contributed by atoms with van der Waals surface area (Å²) in [6.45, 7) is 7.45. The van der Waals surface area contributed by atoms with Crippen LogP contribution in [-0.2, 0) is 0 Å². The third-order valence-corrected chi connectivity index (χ3v) is 3.45. The lowest BCUT2D eigenvalue weighted by molar-refractivity contribution is 0.128. The highest BCUT2D eigenvalue weighted by atomic mass is 16.2. The Balaban J connectivity index is 1.92. The van der Waals surface area contributed by atoms with Crippen LogP contribution in [0.5, 0.6) is 0 Å². The van der Waals surface area contributed by atoms with Gasteiger partial charge in [-0.2, -0.15) is 0 Å². The van der Waals surface area contributed by atoms with Gasteiger partial charge in [0.05, 0.1) is 5.54 Å². The van der Waals surface area contributed by atoms with Gasteiger partial charge in [0.1, 0.15) is 0 Å². The second-order valence-corrected chi connectivity index (χ2v) is 4.72. The maximum atomic E-state index is 11.1. The maximum absolute atomic E-state index is 11.1. The molecule has 0 aromatic rings. The Labute approximate surface area is 85.0 Å². The van der Waals surface area contributed by atoms with Crippen molar-refractivity contribution in [1.29, 1.82) is 0 Å². The zero-order valence-corrected chi connectivity index (χ0v) is 8.97. The minimum Gasteiger partial charge on any atom is -0.336 e. The smallest absolute Gasteiger partial charge is 0.315 e. The summed E-state index contributed by atoms with van der Waals surface area (Å²) >= 11 is 0. The van der Waals surface area contributed by atoms with E-state index in [1.807, 2.05) is 0 Å². The molecule has 14 heavy (non-hydrogen) atoms. The van der Waals surface area contributed by atoms with Crippen LogP contribution in [0.15, 0.2) is 0 Å². The lowest BCUT2D eigenvalue weighted by Gasteiger charge is -2.40. The molecule has 80 valence electrons. The van der Waals surface area contributed by atoms with Crippen LogP contribution in [0.25, 0.3) is 0 Å². The molecule has 2 saturated heterocycles. The lowest BCUT2D eigenvalue weighted by Crippen LogP contribution is -2.53. The molecule has 2 aliphatic rings. The van der Waals surface area contributed by atoms with Crippen molar-refractivity contribution in [2.24, 2.45) is 0 Å². The molecule has 4 nitrogen and oxygen atoms in total. The third-order valence-electron chi connectivity index (χ3n) is 3.45. The van der Waals surface area contributed by atoms with Crippen molar-refractivity contribution in [2.45, 2.75) is 38.3 Å². The van der Waals surface area contributed by atoms with Crippen molar-refractivity contribution < 1.29 is 4.79 Å². The highest BCUT2D eigenvalue weighted by Crippen LogP contribution is 2.25. The second-order valence-electron chi connectivity index (χ2n) is 4.72. The Kier molecular flexibility index (Phi) is 2.39. The van der Waals surface area contributed by atoms with Gasteiger partial charge in [0.15, 0.2) is 0 Å². The SMILES string of the molecule is CC(C)N1CCC2(CC1)CNC(=O)N2. The molecule has 2 amide bonds. The number of carbonyl (C=O) groups is 1. The average molecular weight is 197 g/mol. The molecule has 2 rings (SSSR count). The number of hydrogen-bond acceptors (Lipinski definition) is 2. The van der Waals surface area contributed by atoms with Crippen molar-refractivity contribution in [3.05, 3.63) is 0 Å². The number of carbonyl (C=O) groups excluding carboxylic acids is 1. The van der Waals surface area contributed by atoms with Crippen LogP contribution in [0.1, 0.15) is 26.7 Å². The van der Waals surface area contributed by atoms with Gasteiger partial charge < -0.3 is 15.5 Å². The molecular formula is C10H19N3O. The molecular weight excluding hydrogens is 178 g/mol. The molecule has 0 aliphatic carbocycles. The van der Waals surface area contributed by atoms with E-state index in [9.17, 15) is 4.79 Å². The Morgan fingerprint density at radius 1 is 1.36 bits per heavy atom. The van der Waals surface area contributed by atoms with Gasteiger partial charge in [-0.3, -0.25) is 0 Å². The van der Waals surface area contributed by atoms with Crippen LogP contribution in [0, 0.1) is 0 Å². The summed E-state index contributed by atoms with van der Waals surface area (Å²) in [5.74, 6) is 0. The van der Waals surface area contributed by atoms with Crippen molar-refractivity contribution in [2.75, 3.05) is 19.6 Å². The van der Waals surface area contributed by atoms with Gasteiger partial charge in [-0.25, -0.2) is 4.79 Å². The normalized spacial score (nSPS) is 26.6. The largest absolute Gasteiger partial charge is 0.336 e. The van der Waals surface area contributed by atoms with Gasteiger partial charge >= 0.3 is 6.03 Å². The van der Waals surface area contributed by atoms with E-state index in [1.165, 1.54) is 0 Å². The van der Waals surface area contributed by atoms with Crippen LogP contribution in [0.2, 0.25) is 0 Å². The minimum absolute atomic E-state index is 0.00277. The van der Waals surface area contributed by atoms with Crippen molar-refractivity contribution in [1.82, 2.24) is 15.5 Å². The first kappa shape index (κ1) is 9.77. The Hall–Kier alpha value is -0.770. The molecule has 0 radical (unpaired) electrons. The number of nitrogens with zero attached hydrogens (tertiary/aromatic N) is 1. The summed E-state index contributed by atoms with van der Waals surface area (Å²) in [7, 11) is 0. The number of hydrogen-bond donors (Lipinski definition) is 2. The summed E-state index contributed by atoms with van der Waals surface area (Å²) < 4.78 is 0. The number of rotatable bonds is 1. The van der Waals surface area contributed by atoms with Crippen LogP contribution < -0.4 is 10.6 Å². The summed E-state index contributed by atoms with van der Waals surface area (Å²) in [4.78, 5) is 13.6. The number of urea groups is 1. The summed E-state index contributed by atoms with van der Waals surface area (Å²) in [5, 5.41) is 5.91. The first-order chi connectivity index (χ1) is 6.61. The molecule has 0 bridgehead atoms. The quantitative estimate of drug-likeness (QED) is 0.644. The Morgan fingerprint density at radius 2 is 2.00 bits per heavy atom. The molecule has 0 aromatic carbocycles. The molecule has 0 unspecified atom stereocenters. The van der Waals surface area contributed by atoms with Crippen molar-refractivity contribution in [3.63, 3.8) is 0 Å². The van der Waals surface area contributed by atoms with E-state index in [-0.39, 0.29) is 11.6 Å². The monoisotopic (exact) mass is 197 g/mol. The Morgan fingerprint density at radius 3 is 2.43 bits per heavy atom. The number of likely N-dealkylation sites (tertiary alicyclic amines) is 1. The molecule has 0 aromatic heterocycles. The lowest BCUT2D eigenvalue weighted by atomic mass is 9.88. The third kappa shape index (κ3) is 1.71. The average Bonchev–Trinajstić information content (AvgIpc) is 2.48. The van der Waals surface area contributed by atoms with Gasteiger partial charge in [0, 0.05) is 25.7 Å². The molecule has 0 saturated carbocycles. The van der Waals surface area contributed by atoms with E-state index in [1.54, 1.807) is 0 Å². The fraction of sp³-hybridized carbons (Fsp3) is 0.900. The van der Waals surface area contributed by atoms with Crippen LogP contribution in [0.4, 0.5) is 4.79 Å².